The summed E-state index contributed by atoms with van der Waals surface area (Å²) in [7, 11) is 0. The van der Waals surface area contributed by atoms with Crippen LogP contribution in [0.4, 0.5) is 5.69 Å². The number of carbonyl (C=O) groups excluding carboxylic acids is 1. The minimum absolute atomic E-state index is 0.0122. The maximum Gasteiger partial charge on any atom is 0.303 e. The number of nitriles is 1. The van der Waals surface area contributed by atoms with Crippen molar-refractivity contribution in [1.29, 1.82) is 5.26 Å². The normalized spacial score (nSPS) is 21.5. The van der Waals surface area contributed by atoms with E-state index in [1.54, 1.807) is 24.3 Å². The minimum atomic E-state index is -1.37. The number of para-hydroxylation sites is 1. The second-order valence-electron chi connectivity index (χ2n) is 3.91. The van der Waals surface area contributed by atoms with E-state index >= 15 is 0 Å². The summed E-state index contributed by atoms with van der Waals surface area (Å²) >= 11 is 0. The van der Waals surface area contributed by atoms with Gasteiger partial charge in [-0.1, -0.05) is 18.2 Å². The van der Waals surface area contributed by atoms with Crippen molar-refractivity contribution in [2.75, 3.05) is 5.32 Å². The van der Waals surface area contributed by atoms with Crippen molar-refractivity contribution in [3.05, 3.63) is 29.8 Å². The van der Waals surface area contributed by atoms with Crippen LogP contribution in [0, 0.1) is 11.3 Å². The Morgan fingerprint density at radius 1 is 1.47 bits per heavy atom. The van der Waals surface area contributed by atoms with E-state index in [-0.39, 0.29) is 12.8 Å². The molecule has 2 rings (SSSR count). The molecule has 0 saturated heterocycles. The zero-order valence-corrected chi connectivity index (χ0v) is 8.93. The number of benzene rings is 1. The molecule has 1 aromatic carbocycles. The first-order valence-electron chi connectivity index (χ1n) is 5.14. The molecule has 0 aromatic heterocycles. The summed E-state index contributed by atoms with van der Waals surface area (Å²) in [6, 6.07) is 8.83. The number of amides is 1. The first kappa shape index (κ1) is 11.1. The van der Waals surface area contributed by atoms with Crippen LogP contribution in [0.25, 0.3) is 0 Å². The summed E-state index contributed by atoms with van der Waals surface area (Å²) in [6.45, 7) is 0. The van der Waals surface area contributed by atoms with Crippen LogP contribution >= 0.6 is 0 Å². The predicted octanol–water partition coefficient (Wildman–Crippen LogP) is 1.26. The molecule has 2 N–H and O–H groups in total. The van der Waals surface area contributed by atoms with E-state index in [1.165, 1.54) is 0 Å². The molecule has 17 heavy (non-hydrogen) atoms. The van der Waals surface area contributed by atoms with Crippen LogP contribution in [0.3, 0.4) is 0 Å². The second kappa shape index (κ2) is 3.91. The maximum absolute atomic E-state index is 11.9. The van der Waals surface area contributed by atoms with E-state index in [1.807, 2.05) is 6.07 Å². The first-order valence-corrected chi connectivity index (χ1v) is 5.14. The van der Waals surface area contributed by atoms with Crippen molar-refractivity contribution < 1.29 is 14.7 Å². The molecular weight excluding hydrogens is 220 g/mol. The molecule has 5 nitrogen and oxygen atoms in total. The van der Waals surface area contributed by atoms with Gasteiger partial charge in [-0.2, -0.15) is 5.26 Å². The number of carboxylic acid groups (broad SMARTS) is 1. The summed E-state index contributed by atoms with van der Waals surface area (Å²) in [6.07, 6.45) is -0.225. The van der Waals surface area contributed by atoms with Gasteiger partial charge in [-0.15, -0.1) is 0 Å². The van der Waals surface area contributed by atoms with Crippen molar-refractivity contribution in [3.8, 4) is 6.07 Å². The highest BCUT2D eigenvalue weighted by molar-refractivity contribution is 6.08. The van der Waals surface area contributed by atoms with Gasteiger partial charge in [0.1, 0.15) is 0 Å². The third kappa shape index (κ3) is 1.64. The molecule has 0 fully saturated rings. The largest absolute Gasteiger partial charge is 0.481 e. The topological polar surface area (TPSA) is 90.2 Å². The predicted molar refractivity (Wildman–Crippen MR) is 59.2 cm³/mol. The lowest BCUT2D eigenvalue weighted by molar-refractivity contribution is -0.137. The Balaban J connectivity index is 2.44. The number of carbonyl (C=O) groups is 2. The van der Waals surface area contributed by atoms with Gasteiger partial charge in [0, 0.05) is 17.7 Å². The van der Waals surface area contributed by atoms with E-state index in [9.17, 15) is 14.9 Å². The fourth-order valence-corrected chi connectivity index (χ4v) is 2.03. The second-order valence-corrected chi connectivity index (χ2v) is 3.91. The standard InChI is InChI=1S/C12H10N2O3/c13-7-12(6-5-10(15)16)8-3-1-2-4-9(8)14-11(12)17/h1-4H,5-6H2,(H,14,17)(H,15,16). The smallest absolute Gasteiger partial charge is 0.303 e. The Bertz CT molecular complexity index is 533. The molecular formula is C12H10N2O3. The van der Waals surface area contributed by atoms with E-state index in [0.29, 0.717) is 11.3 Å². The fraction of sp³-hybridized carbons (Fsp3) is 0.250. The summed E-state index contributed by atoms with van der Waals surface area (Å²) in [5, 5.41) is 20.5. The van der Waals surface area contributed by atoms with Crippen LogP contribution in [0.5, 0.6) is 0 Å². The van der Waals surface area contributed by atoms with E-state index < -0.39 is 17.3 Å². The zero-order chi connectivity index (χ0) is 12.5. The van der Waals surface area contributed by atoms with Crippen molar-refractivity contribution in [2.45, 2.75) is 18.3 Å². The fourth-order valence-electron chi connectivity index (χ4n) is 2.03. The Morgan fingerprint density at radius 3 is 2.82 bits per heavy atom. The van der Waals surface area contributed by atoms with Crippen LogP contribution in [0.1, 0.15) is 18.4 Å². The Hall–Kier alpha value is -2.35. The number of hydrogen-bond donors (Lipinski definition) is 2. The molecule has 0 saturated carbocycles. The van der Waals surface area contributed by atoms with Crippen molar-refractivity contribution >= 4 is 17.6 Å². The van der Waals surface area contributed by atoms with Gasteiger partial charge in [0.05, 0.1) is 6.07 Å². The van der Waals surface area contributed by atoms with Crippen LogP contribution in [-0.2, 0) is 15.0 Å². The highest BCUT2D eigenvalue weighted by atomic mass is 16.4. The van der Waals surface area contributed by atoms with Crippen LogP contribution in [-0.4, -0.2) is 17.0 Å². The monoisotopic (exact) mass is 230 g/mol. The first-order chi connectivity index (χ1) is 8.10. The number of carboxylic acids is 1. The Labute approximate surface area is 97.7 Å². The molecule has 5 heteroatoms. The number of hydrogen-bond acceptors (Lipinski definition) is 3. The summed E-state index contributed by atoms with van der Waals surface area (Å²) in [5.74, 6) is -1.46. The van der Waals surface area contributed by atoms with Gasteiger partial charge in [0.2, 0.25) is 5.91 Å². The van der Waals surface area contributed by atoms with Gasteiger partial charge >= 0.3 is 5.97 Å². The van der Waals surface area contributed by atoms with Crippen molar-refractivity contribution in [3.63, 3.8) is 0 Å². The lowest BCUT2D eigenvalue weighted by atomic mass is 9.79. The maximum atomic E-state index is 11.9. The highest BCUT2D eigenvalue weighted by Gasteiger charge is 2.47. The molecule has 1 unspecified atom stereocenters. The molecule has 1 atom stereocenters. The average molecular weight is 230 g/mol. The summed E-state index contributed by atoms with van der Waals surface area (Å²) in [4.78, 5) is 22.5. The van der Waals surface area contributed by atoms with Gasteiger partial charge in [-0.05, 0) is 12.5 Å². The summed E-state index contributed by atoms with van der Waals surface area (Å²) < 4.78 is 0. The molecule has 1 heterocycles. The number of nitrogens with one attached hydrogen (secondary N) is 1. The Kier molecular flexibility index (Phi) is 2.56. The SMILES string of the molecule is N#CC1(CCC(=O)O)C(=O)Nc2ccccc21. The van der Waals surface area contributed by atoms with E-state index in [4.69, 9.17) is 5.11 Å². The number of nitrogens with zero attached hydrogens (tertiary/aromatic N) is 1. The van der Waals surface area contributed by atoms with Gasteiger partial charge in [-0.3, -0.25) is 9.59 Å². The minimum Gasteiger partial charge on any atom is -0.481 e. The van der Waals surface area contributed by atoms with Gasteiger partial charge in [0.25, 0.3) is 0 Å². The van der Waals surface area contributed by atoms with Crippen LogP contribution < -0.4 is 5.32 Å². The quantitative estimate of drug-likeness (QED) is 0.817. The third-order valence-electron chi connectivity index (χ3n) is 2.93. The molecule has 0 aliphatic carbocycles. The van der Waals surface area contributed by atoms with Gasteiger partial charge < -0.3 is 10.4 Å². The van der Waals surface area contributed by atoms with Crippen molar-refractivity contribution in [1.82, 2.24) is 0 Å². The zero-order valence-electron chi connectivity index (χ0n) is 8.93. The van der Waals surface area contributed by atoms with Crippen LogP contribution in [0.15, 0.2) is 24.3 Å². The molecule has 1 aliphatic rings. The molecule has 0 bridgehead atoms. The lowest BCUT2D eigenvalue weighted by Gasteiger charge is -2.17. The van der Waals surface area contributed by atoms with Gasteiger partial charge in [-0.25, -0.2) is 0 Å². The number of aliphatic carboxylic acids is 1. The average Bonchev–Trinajstić information content (AvgIpc) is 2.59. The van der Waals surface area contributed by atoms with E-state index in [0.717, 1.165) is 0 Å². The number of fused-ring (bicyclic) bond motifs is 1. The highest BCUT2D eigenvalue weighted by Crippen LogP contribution is 2.40. The number of rotatable bonds is 3. The summed E-state index contributed by atoms with van der Waals surface area (Å²) in [5.41, 5.74) is -0.215. The molecule has 1 aromatic rings. The van der Waals surface area contributed by atoms with Crippen LogP contribution in [0.2, 0.25) is 0 Å². The molecule has 0 radical (unpaired) electrons. The molecule has 0 spiro atoms. The van der Waals surface area contributed by atoms with Gasteiger partial charge in [0.15, 0.2) is 5.41 Å². The Morgan fingerprint density at radius 2 is 2.18 bits per heavy atom. The lowest BCUT2D eigenvalue weighted by Crippen LogP contribution is -2.33. The van der Waals surface area contributed by atoms with E-state index in [2.05, 4.69) is 5.32 Å². The number of anilines is 1. The molecule has 86 valence electrons. The van der Waals surface area contributed by atoms with Crippen molar-refractivity contribution in [2.24, 2.45) is 0 Å². The molecule has 1 amide bonds. The third-order valence-corrected chi connectivity index (χ3v) is 2.93. The molecule has 1 aliphatic heterocycles.